The molecule has 168 valence electrons. The maximum Gasteiger partial charge on any atom is 0.246 e. The van der Waals surface area contributed by atoms with Crippen molar-refractivity contribution >= 4 is 23.2 Å². The number of carbonyl (C=O) groups is 1. The summed E-state index contributed by atoms with van der Waals surface area (Å²) in [6.07, 6.45) is 0. The fourth-order valence-electron chi connectivity index (χ4n) is 4.02. The molecule has 1 amide bonds. The Bertz CT molecular complexity index is 1050. The van der Waals surface area contributed by atoms with E-state index in [1.807, 2.05) is 43.3 Å². The fraction of sp³-hybridized carbons (Fsp3) is 0.333. The number of amides is 1. The molecule has 1 saturated heterocycles. The van der Waals surface area contributed by atoms with Gasteiger partial charge in [0.1, 0.15) is 17.6 Å². The van der Waals surface area contributed by atoms with Crippen LogP contribution in [0.1, 0.15) is 23.1 Å². The molecule has 2 heterocycles. The second kappa shape index (κ2) is 10.2. The number of aromatic nitrogens is 1. The molecule has 0 saturated carbocycles. The molecular formula is C24H27ClN4O3. The number of nitrogens with one attached hydrogen (secondary N) is 1. The van der Waals surface area contributed by atoms with Gasteiger partial charge in [-0.25, -0.2) is 0 Å². The van der Waals surface area contributed by atoms with Crippen molar-refractivity contribution in [1.29, 1.82) is 0 Å². The van der Waals surface area contributed by atoms with Crippen molar-refractivity contribution in [3.05, 3.63) is 76.6 Å². The summed E-state index contributed by atoms with van der Waals surface area (Å²) >= 11 is 6.24. The summed E-state index contributed by atoms with van der Waals surface area (Å²) in [5, 5.41) is 7.58. The number of halogens is 1. The lowest BCUT2D eigenvalue weighted by molar-refractivity contribution is -0.122. The van der Waals surface area contributed by atoms with Gasteiger partial charge >= 0.3 is 0 Å². The van der Waals surface area contributed by atoms with E-state index in [0.717, 1.165) is 49.7 Å². The quantitative estimate of drug-likeness (QED) is 0.578. The van der Waals surface area contributed by atoms with Crippen molar-refractivity contribution in [2.75, 3.05) is 38.6 Å². The van der Waals surface area contributed by atoms with Gasteiger partial charge in [0.2, 0.25) is 5.91 Å². The summed E-state index contributed by atoms with van der Waals surface area (Å²) in [5.41, 5.74) is 2.54. The number of hydrogen-bond acceptors (Lipinski definition) is 6. The average molecular weight is 455 g/mol. The van der Waals surface area contributed by atoms with Gasteiger partial charge in [0.25, 0.3) is 0 Å². The Hall–Kier alpha value is -2.87. The maximum absolute atomic E-state index is 13.4. The minimum Gasteiger partial charge on any atom is -0.495 e. The molecule has 32 heavy (non-hydrogen) atoms. The van der Waals surface area contributed by atoms with Crippen molar-refractivity contribution < 1.29 is 14.1 Å². The molecule has 0 bridgehead atoms. The smallest absolute Gasteiger partial charge is 0.246 e. The van der Waals surface area contributed by atoms with E-state index in [1.54, 1.807) is 25.3 Å². The minimum atomic E-state index is -0.395. The van der Waals surface area contributed by atoms with Gasteiger partial charge < -0.3 is 14.6 Å². The first kappa shape index (κ1) is 22.3. The minimum absolute atomic E-state index is 0.0852. The van der Waals surface area contributed by atoms with Crippen LogP contribution in [0.25, 0.3) is 0 Å². The molecule has 1 aliphatic heterocycles. The van der Waals surface area contributed by atoms with Crippen LogP contribution in [-0.2, 0) is 11.3 Å². The van der Waals surface area contributed by atoms with Gasteiger partial charge in [-0.05, 0) is 30.7 Å². The van der Waals surface area contributed by atoms with Crippen molar-refractivity contribution in [3.63, 3.8) is 0 Å². The Labute approximate surface area is 192 Å². The lowest BCUT2D eigenvalue weighted by Gasteiger charge is -2.38. The number of benzene rings is 2. The summed E-state index contributed by atoms with van der Waals surface area (Å²) in [5.74, 6) is 1.30. The SMILES string of the molecule is COc1ccc(NC(=O)C(c2ccccc2)N2CCN(Cc3cc(C)on3)CC2)cc1Cl. The van der Waals surface area contributed by atoms with Gasteiger partial charge in [-0.15, -0.1) is 0 Å². The van der Waals surface area contributed by atoms with E-state index in [1.165, 1.54) is 0 Å². The van der Waals surface area contributed by atoms with Gasteiger partial charge in [-0.3, -0.25) is 14.6 Å². The third kappa shape index (κ3) is 5.30. The zero-order valence-electron chi connectivity index (χ0n) is 18.3. The first-order valence-electron chi connectivity index (χ1n) is 10.6. The zero-order valence-corrected chi connectivity index (χ0v) is 19.0. The molecule has 1 atom stereocenters. The molecule has 7 nitrogen and oxygen atoms in total. The van der Waals surface area contributed by atoms with Crippen LogP contribution in [0.15, 0.2) is 59.1 Å². The molecule has 1 unspecified atom stereocenters. The predicted molar refractivity (Wildman–Crippen MR) is 124 cm³/mol. The molecule has 8 heteroatoms. The van der Waals surface area contributed by atoms with Crippen molar-refractivity contribution in [2.24, 2.45) is 0 Å². The number of nitrogens with zero attached hydrogens (tertiary/aromatic N) is 3. The highest BCUT2D eigenvalue weighted by Crippen LogP contribution is 2.29. The standard InChI is InChI=1S/C24H27ClN4O3/c1-17-14-20(27-32-17)16-28-10-12-29(13-11-28)23(18-6-4-3-5-7-18)24(30)26-19-8-9-22(31-2)21(25)15-19/h3-9,14-15,23H,10-13,16H2,1-2H3,(H,26,30). The Balaban J connectivity index is 1.46. The highest BCUT2D eigenvalue weighted by molar-refractivity contribution is 6.32. The van der Waals surface area contributed by atoms with E-state index >= 15 is 0 Å². The molecule has 3 aromatic rings. The van der Waals surface area contributed by atoms with E-state index in [-0.39, 0.29) is 5.91 Å². The van der Waals surface area contributed by atoms with Crippen molar-refractivity contribution in [3.8, 4) is 5.75 Å². The Morgan fingerprint density at radius 1 is 1.16 bits per heavy atom. The number of carbonyl (C=O) groups excluding carboxylic acids is 1. The van der Waals surface area contributed by atoms with Gasteiger partial charge in [0.15, 0.2) is 0 Å². The average Bonchev–Trinajstić information content (AvgIpc) is 3.20. The van der Waals surface area contributed by atoms with Gasteiger partial charge in [-0.1, -0.05) is 47.1 Å². The molecule has 0 spiro atoms. The summed E-state index contributed by atoms with van der Waals surface area (Å²) in [6, 6.07) is 16.7. The largest absolute Gasteiger partial charge is 0.495 e. The lowest BCUT2D eigenvalue weighted by Crippen LogP contribution is -2.49. The molecule has 0 radical (unpaired) electrons. The maximum atomic E-state index is 13.4. The van der Waals surface area contributed by atoms with Crippen LogP contribution < -0.4 is 10.1 Å². The van der Waals surface area contributed by atoms with Crippen molar-refractivity contribution in [2.45, 2.75) is 19.5 Å². The molecule has 2 aromatic carbocycles. The predicted octanol–water partition coefficient (Wildman–Crippen LogP) is 4.14. The molecule has 1 aromatic heterocycles. The first-order chi connectivity index (χ1) is 15.5. The van der Waals surface area contributed by atoms with Crippen molar-refractivity contribution in [1.82, 2.24) is 15.0 Å². The summed E-state index contributed by atoms with van der Waals surface area (Å²) in [4.78, 5) is 17.9. The highest BCUT2D eigenvalue weighted by atomic mass is 35.5. The molecular weight excluding hydrogens is 428 g/mol. The van der Waals surface area contributed by atoms with Crippen LogP contribution in [0.3, 0.4) is 0 Å². The van der Waals surface area contributed by atoms with Gasteiger partial charge in [0, 0.05) is 44.5 Å². The third-order valence-electron chi connectivity index (χ3n) is 5.62. The van der Waals surface area contributed by atoms with Crippen LogP contribution in [0.2, 0.25) is 5.02 Å². The van der Waals surface area contributed by atoms with Crippen LogP contribution in [-0.4, -0.2) is 54.2 Å². The summed E-state index contributed by atoms with van der Waals surface area (Å²) in [7, 11) is 1.56. The highest BCUT2D eigenvalue weighted by Gasteiger charge is 2.30. The Morgan fingerprint density at radius 2 is 1.91 bits per heavy atom. The first-order valence-corrected chi connectivity index (χ1v) is 11.0. The van der Waals surface area contributed by atoms with E-state index in [9.17, 15) is 4.79 Å². The normalized spacial score (nSPS) is 16.0. The third-order valence-corrected chi connectivity index (χ3v) is 5.91. The number of methoxy groups -OCH3 is 1. The zero-order chi connectivity index (χ0) is 22.5. The molecule has 1 N–H and O–H groups in total. The number of hydrogen-bond donors (Lipinski definition) is 1. The number of anilines is 1. The van der Waals surface area contributed by atoms with Crippen LogP contribution >= 0.6 is 11.6 Å². The van der Waals surface area contributed by atoms with Crippen LogP contribution in [0.4, 0.5) is 5.69 Å². The number of piperazine rings is 1. The molecule has 1 aliphatic rings. The lowest BCUT2D eigenvalue weighted by atomic mass is 10.0. The Kier molecular flexibility index (Phi) is 7.09. The van der Waals surface area contributed by atoms with Gasteiger partial charge in [-0.2, -0.15) is 0 Å². The second-order valence-corrected chi connectivity index (χ2v) is 8.30. The molecule has 4 rings (SSSR count). The van der Waals surface area contributed by atoms with Crippen LogP contribution in [0, 0.1) is 6.92 Å². The van der Waals surface area contributed by atoms with E-state index in [4.69, 9.17) is 20.9 Å². The van der Waals surface area contributed by atoms with E-state index in [0.29, 0.717) is 16.5 Å². The number of rotatable bonds is 7. The fourth-order valence-corrected chi connectivity index (χ4v) is 4.28. The molecule has 0 aliphatic carbocycles. The monoisotopic (exact) mass is 454 g/mol. The second-order valence-electron chi connectivity index (χ2n) is 7.89. The van der Waals surface area contributed by atoms with E-state index < -0.39 is 6.04 Å². The summed E-state index contributed by atoms with van der Waals surface area (Å²) < 4.78 is 10.4. The Morgan fingerprint density at radius 3 is 2.53 bits per heavy atom. The number of ether oxygens (including phenoxy) is 1. The summed E-state index contributed by atoms with van der Waals surface area (Å²) in [6.45, 7) is 5.87. The van der Waals surface area contributed by atoms with E-state index in [2.05, 4.69) is 20.3 Å². The van der Waals surface area contributed by atoms with Gasteiger partial charge in [0.05, 0.1) is 17.8 Å². The topological polar surface area (TPSA) is 70.8 Å². The van der Waals surface area contributed by atoms with Crippen LogP contribution in [0.5, 0.6) is 5.75 Å². The molecule has 1 fully saturated rings. The number of aryl methyl sites for hydroxylation is 1.